The molecule has 0 saturated carbocycles. The van der Waals surface area contributed by atoms with Crippen LogP contribution in [0.4, 0.5) is 0 Å². The second-order valence-corrected chi connectivity index (χ2v) is 6.67. The molecule has 0 aliphatic rings. The molecule has 116 valence electrons. The van der Waals surface area contributed by atoms with Gasteiger partial charge in [-0.15, -0.1) is 11.3 Å². The highest BCUT2D eigenvalue weighted by Crippen LogP contribution is 2.21. The predicted octanol–water partition coefficient (Wildman–Crippen LogP) is 3.30. The van der Waals surface area contributed by atoms with Gasteiger partial charge >= 0.3 is 0 Å². The van der Waals surface area contributed by atoms with E-state index in [1.165, 1.54) is 0 Å². The average Bonchev–Trinajstić information content (AvgIpc) is 3.11. The van der Waals surface area contributed by atoms with E-state index in [0.717, 1.165) is 16.6 Å². The predicted molar refractivity (Wildman–Crippen MR) is 84.9 cm³/mol. The molecule has 0 aliphatic carbocycles. The number of nitrogens with zero attached hydrogens (tertiary/aromatic N) is 2. The molecule has 0 saturated heterocycles. The summed E-state index contributed by atoms with van der Waals surface area (Å²) in [6, 6.07) is 3.47. The van der Waals surface area contributed by atoms with E-state index < -0.39 is 0 Å². The van der Waals surface area contributed by atoms with Crippen LogP contribution >= 0.6 is 11.3 Å². The van der Waals surface area contributed by atoms with Crippen LogP contribution in [0.25, 0.3) is 10.2 Å². The molecule has 2 N–H and O–H groups in total. The Morgan fingerprint density at radius 1 is 1.45 bits per heavy atom. The molecule has 0 bridgehead atoms. The third-order valence-corrected chi connectivity index (χ3v) is 4.14. The quantitative estimate of drug-likeness (QED) is 0.756. The lowest BCUT2D eigenvalue weighted by Gasteiger charge is -2.08. The van der Waals surface area contributed by atoms with Gasteiger partial charge in [0.15, 0.2) is 5.82 Å². The van der Waals surface area contributed by atoms with Crippen LogP contribution in [-0.4, -0.2) is 21.0 Å². The van der Waals surface area contributed by atoms with Crippen LogP contribution in [0.5, 0.6) is 0 Å². The van der Waals surface area contributed by atoms with Crippen molar-refractivity contribution in [3.8, 4) is 0 Å². The highest BCUT2D eigenvalue weighted by Gasteiger charge is 2.19. The Bertz CT molecular complexity index is 758. The first-order valence-corrected chi connectivity index (χ1v) is 8.10. The summed E-state index contributed by atoms with van der Waals surface area (Å²) in [6.07, 6.45) is 0.761. The van der Waals surface area contributed by atoms with Crippen molar-refractivity contribution in [1.82, 2.24) is 20.4 Å². The number of hydrogen-bond donors (Lipinski definition) is 2. The fraction of sp³-hybridized carbons (Fsp3) is 0.400. The Kier molecular flexibility index (Phi) is 3.98. The zero-order chi connectivity index (χ0) is 15.7. The van der Waals surface area contributed by atoms with Crippen molar-refractivity contribution < 1.29 is 9.32 Å². The van der Waals surface area contributed by atoms with Gasteiger partial charge in [0.1, 0.15) is 11.7 Å². The van der Waals surface area contributed by atoms with Crippen molar-refractivity contribution in [1.29, 1.82) is 0 Å². The van der Waals surface area contributed by atoms with E-state index in [9.17, 15) is 4.79 Å². The molecule has 0 spiro atoms. The highest BCUT2D eigenvalue weighted by atomic mass is 32.1. The van der Waals surface area contributed by atoms with Crippen molar-refractivity contribution in [2.75, 3.05) is 0 Å². The van der Waals surface area contributed by atoms with Gasteiger partial charge in [-0.2, -0.15) is 4.98 Å². The van der Waals surface area contributed by atoms with Crippen LogP contribution in [0.1, 0.15) is 49.0 Å². The summed E-state index contributed by atoms with van der Waals surface area (Å²) in [7, 11) is 0. The zero-order valence-electron chi connectivity index (χ0n) is 12.7. The maximum atomic E-state index is 12.3. The molecule has 0 fully saturated rings. The number of aromatic nitrogens is 3. The molecular formula is C15H18N4O2S. The van der Waals surface area contributed by atoms with Crippen molar-refractivity contribution in [3.63, 3.8) is 0 Å². The van der Waals surface area contributed by atoms with Crippen molar-refractivity contribution in [2.45, 2.75) is 33.2 Å². The number of carbonyl (C=O) groups is 1. The Labute approximate surface area is 131 Å². The smallest absolute Gasteiger partial charge is 0.268 e. The second kappa shape index (κ2) is 5.92. The van der Waals surface area contributed by atoms with Gasteiger partial charge in [-0.05, 0) is 30.4 Å². The Balaban J connectivity index is 1.67. The van der Waals surface area contributed by atoms with E-state index in [-0.39, 0.29) is 11.9 Å². The van der Waals surface area contributed by atoms with E-state index in [2.05, 4.69) is 34.3 Å². The fourth-order valence-corrected chi connectivity index (χ4v) is 2.98. The SMILES string of the molecule is CC(C)Cc1noc(C(C)NC(=O)c2cc3sccc3[nH]2)n1. The second-order valence-electron chi connectivity index (χ2n) is 5.72. The largest absolute Gasteiger partial charge is 0.350 e. The number of fused-ring (bicyclic) bond motifs is 1. The number of H-pyrrole nitrogens is 1. The number of hydrogen-bond acceptors (Lipinski definition) is 5. The van der Waals surface area contributed by atoms with Gasteiger partial charge in [0, 0.05) is 6.42 Å². The highest BCUT2D eigenvalue weighted by molar-refractivity contribution is 7.17. The molecule has 6 nitrogen and oxygen atoms in total. The summed E-state index contributed by atoms with van der Waals surface area (Å²) in [6.45, 7) is 6.02. The first-order valence-electron chi connectivity index (χ1n) is 7.22. The number of amides is 1. The summed E-state index contributed by atoms with van der Waals surface area (Å²) >= 11 is 1.60. The zero-order valence-corrected chi connectivity index (χ0v) is 13.5. The first-order chi connectivity index (χ1) is 10.5. The Morgan fingerprint density at radius 3 is 3.00 bits per heavy atom. The molecule has 1 atom stereocenters. The molecule has 1 unspecified atom stereocenters. The van der Waals surface area contributed by atoms with E-state index in [0.29, 0.717) is 23.3 Å². The normalized spacial score (nSPS) is 12.9. The van der Waals surface area contributed by atoms with Crippen LogP contribution in [0.3, 0.4) is 0 Å². The minimum Gasteiger partial charge on any atom is -0.350 e. The number of aromatic amines is 1. The van der Waals surface area contributed by atoms with Crippen LogP contribution in [-0.2, 0) is 6.42 Å². The average molecular weight is 318 g/mol. The van der Waals surface area contributed by atoms with Gasteiger partial charge in [0.25, 0.3) is 5.91 Å². The topological polar surface area (TPSA) is 83.8 Å². The number of carbonyl (C=O) groups excluding carboxylic acids is 1. The van der Waals surface area contributed by atoms with E-state index in [1.807, 2.05) is 24.4 Å². The molecule has 0 aliphatic heterocycles. The van der Waals surface area contributed by atoms with Gasteiger partial charge in [-0.3, -0.25) is 4.79 Å². The molecule has 3 rings (SSSR count). The lowest BCUT2D eigenvalue weighted by molar-refractivity contribution is 0.0928. The van der Waals surface area contributed by atoms with Crippen LogP contribution in [0.15, 0.2) is 22.0 Å². The number of rotatable bonds is 5. The minimum absolute atomic E-state index is 0.181. The minimum atomic E-state index is -0.331. The molecule has 22 heavy (non-hydrogen) atoms. The van der Waals surface area contributed by atoms with Crippen LogP contribution < -0.4 is 5.32 Å². The molecule has 3 heterocycles. The summed E-state index contributed by atoms with van der Waals surface area (Å²) in [5.41, 5.74) is 1.51. The van der Waals surface area contributed by atoms with Gasteiger partial charge in [-0.25, -0.2) is 0 Å². The van der Waals surface area contributed by atoms with E-state index in [1.54, 1.807) is 11.3 Å². The van der Waals surface area contributed by atoms with E-state index >= 15 is 0 Å². The van der Waals surface area contributed by atoms with Crippen molar-refractivity contribution in [2.24, 2.45) is 5.92 Å². The van der Waals surface area contributed by atoms with Crippen LogP contribution in [0.2, 0.25) is 0 Å². The molecule has 7 heteroatoms. The van der Waals surface area contributed by atoms with Crippen LogP contribution in [0, 0.1) is 5.92 Å². The summed E-state index contributed by atoms with van der Waals surface area (Å²) in [5.74, 6) is 1.38. The third kappa shape index (κ3) is 3.04. The number of thiophene rings is 1. The van der Waals surface area contributed by atoms with Gasteiger partial charge < -0.3 is 14.8 Å². The molecular weight excluding hydrogens is 300 g/mol. The third-order valence-electron chi connectivity index (χ3n) is 3.28. The van der Waals surface area contributed by atoms with Gasteiger partial charge in [0.2, 0.25) is 5.89 Å². The number of nitrogens with one attached hydrogen (secondary N) is 2. The van der Waals surface area contributed by atoms with Crippen molar-refractivity contribution >= 4 is 27.5 Å². The van der Waals surface area contributed by atoms with E-state index in [4.69, 9.17) is 4.52 Å². The lowest BCUT2D eigenvalue weighted by atomic mass is 10.1. The maximum Gasteiger partial charge on any atom is 0.268 e. The lowest BCUT2D eigenvalue weighted by Crippen LogP contribution is -2.27. The van der Waals surface area contributed by atoms with Gasteiger partial charge in [0.05, 0.1) is 10.2 Å². The molecule has 0 radical (unpaired) electrons. The molecule has 0 aromatic carbocycles. The summed E-state index contributed by atoms with van der Waals surface area (Å²) < 4.78 is 6.29. The van der Waals surface area contributed by atoms with Crippen molar-refractivity contribution in [3.05, 3.63) is 34.9 Å². The molecule has 1 amide bonds. The fourth-order valence-electron chi connectivity index (χ4n) is 2.20. The maximum absolute atomic E-state index is 12.3. The molecule has 3 aromatic rings. The summed E-state index contributed by atoms with van der Waals surface area (Å²) in [5, 5.41) is 8.79. The summed E-state index contributed by atoms with van der Waals surface area (Å²) in [4.78, 5) is 19.7. The first kappa shape index (κ1) is 14.8. The Hall–Kier alpha value is -2.15. The standard InChI is InChI=1S/C15H18N4O2S/c1-8(2)6-13-18-15(21-19-13)9(3)16-14(20)11-7-12-10(17-11)4-5-22-12/h4-5,7-9,17H,6H2,1-3H3,(H,16,20). The monoisotopic (exact) mass is 318 g/mol. The van der Waals surface area contributed by atoms with Gasteiger partial charge in [-0.1, -0.05) is 19.0 Å². The molecule has 3 aromatic heterocycles. The Morgan fingerprint density at radius 2 is 2.27 bits per heavy atom.